The summed E-state index contributed by atoms with van der Waals surface area (Å²) in [5.41, 5.74) is 1.48. The summed E-state index contributed by atoms with van der Waals surface area (Å²) in [5.74, 6) is 1.07. The number of alkyl halides is 1. The molecule has 0 saturated carbocycles. The highest BCUT2D eigenvalue weighted by atomic mass is 35.5. The maximum absolute atomic E-state index is 11.8. The largest absolute Gasteiger partial charge is 0.495 e. The minimum absolute atomic E-state index is 0.0662. The van der Waals surface area contributed by atoms with Gasteiger partial charge in [0.1, 0.15) is 5.75 Å². The van der Waals surface area contributed by atoms with Crippen molar-refractivity contribution in [3.05, 3.63) is 23.8 Å². The number of halogens is 1. The molecule has 0 aliphatic carbocycles. The third-order valence-electron chi connectivity index (χ3n) is 2.42. The van der Waals surface area contributed by atoms with Crippen molar-refractivity contribution in [1.82, 2.24) is 0 Å². The number of benzene rings is 1. The van der Waals surface area contributed by atoms with Gasteiger partial charge in [-0.15, -0.1) is 11.6 Å². The molecule has 0 aliphatic rings. The maximum atomic E-state index is 11.8. The molecule has 4 nitrogen and oxygen atoms in total. The normalized spacial score (nSPS) is 11.3. The summed E-state index contributed by atoms with van der Waals surface area (Å²) in [4.78, 5) is 0. The number of hydrogen-bond acceptors (Lipinski definition) is 3. The van der Waals surface area contributed by atoms with Crippen molar-refractivity contribution >= 4 is 27.3 Å². The molecule has 0 aliphatic heterocycles. The summed E-state index contributed by atoms with van der Waals surface area (Å²) in [6, 6.07) is 5.32. The number of methoxy groups -OCH3 is 1. The van der Waals surface area contributed by atoms with Gasteiger partial charge in [-0.3, -0.25) is 4.72 Å². The monoisotopic (exact) mass is 291 g/mol. The molecular weight excluding hydrogens is 274 g/mol. The molecule has 0 spiro atoms. The molecule has 1 rings (SSSR count). The van der Waals surface area contributed by atoms with Gasteiger partial charge in [-0.25, -0.2) is 8.42 Å². The molecule has 0 aromatic heterocycles. The van der Waals surface area contributed by atoms with Gasteiger partial charge in [0.2, 0.25) is 10.0 Å². The van der Waals surface area contributed by atoms with Crippen LogP contribution in [0, 0.1) is 6.92 Å². The van der Waals surface area contributed by atoms with Crippen molar-refractivity contribution < 1.29 is 13.2 Å². The van der Waals surface area contributed by atoms with Gasteiger partial charge >= 0.3 is 0 Å². The van der Waals surface area contributed by atoms with E-state index in [1.165, 1.54) is 7.11 Å². The van der Waals surface area contributed by atoms with E-state index in [1.807, 2.05) is 13.0 Å². The number of ether oxygens (including phenoxy) is 1. The fraction of sp³-hybridized carbons (Fsp3) is 0.500. The van der Waals surface area contributed by atoms with E-state index in [2.05, 4.69) is 4.72 Å². The van der Waals surface area contributed by atoms with E-state index in [0.717, 1.165) is 5.56 Å². The molecule has 6 heteroatoms. The van der Waals surface area contributed by atoms with Crippen LogP contribution < -0.4 is 9.46 Å². The molecule has 1 aromatic rings. The molecule has 102 valence electrons. The van der Waals surface area contributed by atoms with Crippen LogP contribution in [0.2, 0.25) is 0 Å². The van der Waals surface area contributed by atoms with Crippen LogP contribution in [0.5, 0.6) is 5.75 Å². The zero-order chi connectivity index (χ0) is 13.6. The number of unbranched alkanes of at least 4 members (excludes halogenated alkanes) is 1. The number of anilines is 1. The maximum Gasteiger partial charge on any atom is 0.232 e. The average Bonchev–Trinajstić information content (AvgIpc) is 2.31. The Morgan fingerprint density at radius 1 is 1.33 bits per heavy atom. The second kappa shape index (κ2) is 6.85. The summed E-state index contributed by atoms with van der Waals surface area (Å²) >= 11 is 5.52. The molecule has 0 amide bonds. The van der Waals surface area contributed by atoms with Crippen molar-refractivity contribution in [2.45, 2.75) is 19.8 Å². The van der Waals surface area contributed by atoms with E-state index in [-0.39, 0.29) is 5.75 Å². The lowest BCUT2D eigenvalue weighted by Crippen LogP contribution is -2.17. The minimum atomic E-state index is -3.34. The number of aryl methyl sites for hydroxylation is 1. The van der Waals surface area contributed by atoms with Crippen molar-refractivity contribution in [3.8, 4) is 5.75 Å². The van der Waals surface area contributed by atoms with Crippen LogP contribution in [0.15, 0.2) is 18.2 Å². The van der Waals surface area contributed by atoms with E-state index < -0.39 is 10.0 Å². The van der Waals surface area contributed by atoms with Crippen molar-refractivity contribution in [2.24, 2.45) is 0 Å². The zero-order valence-corrected chi connectivity index (χ0v) is 12.1. The number of rotatable bonds is 7. The van der Waals surface area contributed by atoms with Gasteiger partial charge in [-0.05, 0) is 37.5 Å². The summed E-state index contributed by atoms with van der Waals surface area (Å²) in [6.45, 7) is 1.92. The summed E-state index contributed by atoms with van der Waals surface area (Å²) in [5, 5.41) is 0. The highest BCUT2D eigenvalue weighted by Gasteiger charge is 2.13. The first-order valence-corrected chi connectivity index (χ1v) is 7.88. The standard InChI is InChI=1S/C12H18ClNO3S/c1-10-5-6-11(12(9-10)17-2)14-18(15,16)8-4-3-7-13/h5-6,9,14H,3-4,7-8H2,1-2H3. The Kier molecular flexibility index (Phi) is 5.75. The van der Waals surface area contributed by atoms with Crippen LogP contribution in [0.4, 0.5) is 5.69 Å². The Hall–Kier alpha value is -0.940. The van der Waals surface area contributed by atoms with Gasteiger partial charge in [0.25, 0.3) is 0 Å². The molecule has 1 N–H and O–H groups in total. The number of hydrogen-bond donors (Lipinski definition) is 1. The summed E-state index contributed by atoms with van der Waals surface area (Å²) in [6.07, 6.45) is 1.24. The molecule has 0 bridgehead atoms. The summed E-state index contributed by atoms with van der Waals surface area (Å²) in [7, 11) is -1.83. The Morgan fingerprint density at radius 3 is 2.67 bits per heavy atom. The van der Waals surface area contributed by atoms with Crippen molar-refractivity contribution in [1.29, 1.82) is 0 Å². The third-order valence-corrected chi connectivity index (χ3v) is 4.04. The molecule has 0 radical (unpaired) electrons. The quantitative estimate of drug-likeness (QED) is 0.621. The van der Waals surface area contributed by atoms with Gasteiger partial charge in [0.15, 0.2) is 0 Å². The smallest absolute Gasteiger partial charge is 0.232 e. The zero-order valence-electron chi connectivity index (χ0n) is 10.6. The predicted molar refractivity (Wildman–Crippen MR) is 75.1 cm³/mol. The second-order valence-corrected chi connectivity index (χ2v) is 6.24. The van der Waals surface area contributed by atoms with Crippen LogP contribution in [-0.2, 0) is 10.0 Å². The van der Waals surface area contributed by atoms with E-state index in [4.69, 9.17) is 16.3 Å². The molecule has 0 unspecified atom stereocenters. The van der Waals surface area contributed by atoms with Crippen LogP contribution in [0.25, 0.3) is 0 Å². The van der Waals surface area contributed by atoms with E-state index >= 15 is 0 Å². The first-order chi connectivity index (χ1) is 8.48. The van der Waals surface area contributed by atoms with Crippen LogP contribution in [-0.4, -0.2) is 27.2 Å². The molecular formula is C12H18ClNO3S. The van der Waals surface area contributed by atoms with E-state index in [0.29, 0.717) is 30.2 Å². The van der Waals surface area contributed by atoms with Crippen LogP contribution in [0.1, 0.15) is 18.4 Å². The van der Waals surface area contributed by atoms with Crippen LogP contribution in [0.3, 0.4) is 0 Å². The lowest BCUT2D eigenvalue weighted by molar-refractivity contribution is 0.416. The van der Waals surface area contributed by atoms with Crippen LogP contribution >= 0.6 is 11.6 Å². The molecule has 1 aromatic carbocycles. The summed E-state index contributed by atoms with van der Waals surface area (Å²) < 4.78 is 31.3. The second-order valence-electron chi connectivity index (χ2n) is 4.02. The minimum Gasteiger partial charge on any atom is -0.495 e. The SMILES string of the molecule is COc1cc(C)ccc1NS(=O)(=O)CCCCCl. The highest BCUT2D eigenvalue weighted by Crippen LogP contribution is 2.26. The fourth-order valence-electron chi connectivity index (χ4n) is 1.49. The van der Waals surface area contributed by atoms with Gasteiger partial charge < -0.3 is 4.74 Å². The highest BCUT2D eigenvalue weighted by molar-refractivity contribution is 7.92. The Labute approximate surface area is 113 Å². The molecule has 0 atom stereocenters. The Bertz CT molecular complexity index is 488. The fourth-order valence-corrected chi connectivity index (χ4v) is 2.87. The molecule has 0 heterocycles. The van der Waals surface area contributed by atoms with E-state index in [9.17, 15) is 8.42 Å². The lowest BCUT2D eigenvalue weighted by atomic mass is 10.2. The third kappa shape index (κ3) is 4.74. The first-order valence-electron chi connectivity index (χ1n) is 5.69. The molecule has 18 heavy (non-hydrogen) atoms. The van der Waals surface area contributed by atoms with Gasteiger partial charge in [0.05, 0.1) is 18.6 Å². The van der Waals surface area contributed by atoms with Crippen molar-refractivity contribution in [3.63, 3.8) is 0 Å². The topological polar surface area (TPSA) is 55.4 Å². The van der Waals surface area contributed by atoms with Gasteiger partial charge in [0, 0.05) is 5.88 Å². The Morgan fingerprint density at radius 2 is 2.06 bits per heavy atom. The molecule has 0 saturated heterocycles. The average molecular weight is 292 g/mol. The predicted octanol–water partition coefficient (Wildman–Crippen LogP) is 2.76. The van der Waals surface area contributed by atoms with E-state index in [1.54, 1.807) is 12.1 Å². The Balaban J connectivity index is 2.77. The lowest BCUT2D eigenvalue weighted by Gasteiger charge is -2.12. The van der Waals surface area contributed by atoms with Gasteiger partial charge in [-0.2, -0.15) is 0 Å². The van der Waals surface area contributed by atoms with Gasteiger partial charge in [-0.1, -0.05) is 6.07 Å². The number of sulfonamides is 1. The number of nitrogens with one attached hydrogen (secondary N) is 1. The molecule has 0 fully saturated rings. The van der Waals surface area contributed by atoms with Crippen molar-refractivity contribution in [2.75, 3.05) is 23.5 Å². The first kappa shape index (κ1) is 15.1.